The highest BCUT2D eigenvalue weighted by Crippen LogP contribution is 2.11. The van der Waals surface area contributed by atoms with Gasteiger partial charge in [0.1, 0.15) is 0 Å². The summed E-state index contributed by atoms with van der Waals surface area (Å²) in [5, 5.41) is 2.35. The molecule has 0 saturated carbocycles. The number of nitrogens with one attached hydrogen (secondary N) is 2. The summed E-state index contributed by atoms with van der Waals surface area (Å²) in [7, 11) is -4.09. The Hall–Kier alpha value is -2.22. The van der Waals surface area contributed by atoms with Crippen molar-refractivity contribution in [3.63, 3.8) is 0 Å². The fourth-order valence-corrected chi connectivity index (χ4v) is 2.83. The lowest BCUT2D eigenvalue weighted by Gasteiger charge is -2.19. The predicted octanol–water partition coefficient (Wildman–Crippen LogP) is -0.803. The molecule has 7 nitrogen and oxygen atoms in total. The molecule has 1 aromatic rings. The lowest BCUT2D eigenvalue weighted by Crippen LogP contribution is -2.51. The van der Waals surface area contributed by atoms with Crippen LogP contribution in [0.15, 0.2) is 35.2 Å². The van der Waals surface area contributed by atoms with Crippen LogP contribution in [0.4, 0.5) is 0 Å². The maximum Gasteiger partial charge on any atom is 0.264 e. The number of benzene rings is 1. The zero-order valence-electron chi connectivity index (χ0n) is 10.3. The third kappa shape index (κ3) is 2.85. The number of sulfonamides is 1. The van der Waals surface area contributed by atoms with E-state index in [4.69, 9.17) is 0 Å². The summed E-state index contributed by atoms with van der Waals surface area (Å²) >= 11 is 0. The molecule has 1 aromatic carbocycles. The van der Waals surface area contributed by atoms with Crippen molar-refractivity contribution in [1.82, 2.24) is 10.0 Å². The van der Waals surface area contributed by atoms with E-state index in [1.807, 2.05) is 0 Å². The van der Waals surface area contributed by atoms with Gasteiger partial charge in [0.25, 0.3) is 15.9 Å². The second-order valence-electron chi connectivity index (χ2n) is 4.22. The van der Waals surface area contributed by atoms with E-state index in [1.165, 1.54) is 24.3 Å². The third-order valence-corrected chi connectivity index (χ3v) is 4.17. The van der Waals surface area contributed by atoms with Crippen molar-refractivity contribution in [3.05, 3.63) is 30.3 Å². The van der Waals surface area contributed by atoms with Gasteiger partial charge in [0.15, 0.2) is 11.7 Å². The van der Waals surface area contributed by atoms with Crippen LogP contribution in [0.2, 0.25) is 0 Å². The molecule has 2 N–H and O–H groups in total. The Bertz CT molecular complexity index is 638. The van der Waals surface area contributed by atoms with Crippen molar-refractivity contribution in [2.24, 2.45) is 5.92 Å². The van der Waals surface area contributed by atoms with Crippen molar-refractivity contribution < 1.29 is 22.8 Å². The molecule has 2 amide bonds. The largest absolute Gasteiger partial charge is 0.355 e. The standard InChI is InChI=1S/C12H12N2O5S/c15-9-6-7-13-11(16)10(9)12(17)14-20(18,19)8-4-2-1-3-5-8/h1-5,10H,6-7H2,(H,13,16)(H,14,17). The van der Waals surface area contributed by atoms with Crippen LogP contribution >= 0.6 is 0 Å². The van der Waals surface area contributed by atoms with E-state index in [0.29, 0.717) is 0 Å². The van der Waals surface area contributed by atoms with E-state index in [2.05, 4.69) is 5.32 Å². The van der Waals surface area contributed by atoms with E-state index >= 15 is 0 Å². The molecule has 1 heterocycles. The number of ketones is 1. The van der Waals surface area contributed by atoms with Gasteiger partial charge in [-0.3, -0.25) is 14.4 Å². The van der Waals surface area contributed by atoms with Crippen LogP contribution in [0.3, 0.4) is 0 Å². The Morgan fingerprint density at radius 2 is 1.85 bits per heavy atom. The predicted molar refractivity (Wildman–Crippen MR) is 67.9 cm³/mol. The molecule has 0 spiro atoms. The molecule has 1 saturated heterocycles. The molecule has 0 aromatic heterocycles. The van der Waals surface area contributed by atoms with Crippen molar-refractivity contribution in [3.8, 4) is 0 Å². The van der Waals surface area contributed by atoms with Gasteiger partial charge in [-0.25, -0.2) is 13.1 Å². The van der Waals surface area contributed by atoms with Crippen LogP contribution in [-0.4, -0.2) is 32.6 Å². The molecule has 1 aliphatic rings. The molecule has 20 heavy (non-hydrogen) atoms. The van der Waals surface area contributed by atoms with Gasteiger partial charge in [-0.2, -0.15) is 0 Å². The first-order valence-corrected chi connectivity index (χ1v) is 7.32. The quantitative estimate of drug-likeness (QED) is 0.709. The highest BCUT2D eigenvalue weighted by atomic mass is 32.2. The first-order valence-electron chi connectivity index (χ1n) is 5.84. The number of rotatable bonds is 3. The number of hydrogen-bond donors (Lipinski definition) is 2. The highest BCUT2D eigenvalue weighted by Gasteiger charge is 2.38. The molecule has 2 rings (SSSR count). The number of piperidine rings is 1. The number of carbonyl (C=O) groups is 3. The molecule has 1 unspecified atom stereocenters. The fourth-order valence-electron chi connectivity index (χ4n) is 1.82. The molecular formula is C12H12N2O5S. The molecule has 0 aliphatic carbocycles. The smallest absolute Gasteiger partial charge is 0.264 e. The summed E-state index contributed by atoms with van der Waals surface area (Å²) < 4.78 is 25.6. The Kier molecular flexibility index (Phi) is 3.84. The zero-order valence-corrected chi connectivity index (χ0v) is 11.1. The van der Waals surface area contributed by atoms with Gasteiger partial charge in [0.05, 0.1) is 4.90 Å². The van der Waals surface area contributed by atoms with E-state index in [-0.39, 0.29) is 17.9 Å². The molecule has 106 valence electrons. The van der Waals surface area contributed by atoms with E-state index in [9.17, 15) is 22.8 Å². The molecule has 0 bridgehead atoms. The minimum atomic E-state index is -4.09. The van der Waals surface area contributed by atoms with Crippen LogP contribution in [0.25, 0.3) is 0 Å². The van der Waals surface area contributed by atoms with Crippen molar-refractivity contribution in [2.75, 3.05) is 6.54 Å². The zero-order chi connectivity index (χ0) is 14.8. The minimum Gasteiger partial charge on any atom is -0.355 e. The first-order chi connectivity index (χ1) is 9.42. The Balaban J connectivity index is 2.19. The molecule has 1 aliphatic heterocycles. The summed E-state index contributed by atoms with van der Waals surface area (Å²) in [4.78, 5) is 34.8. The average Bonchev–Trinajstić information content (AvgIpc) is 2.39. The average molecular weight is 296 g/mol. The Labute approximate surface area is 115 Å². The van der Waals surface area contributed by atoms with Gasteiger partial charge in [-0.05, 0) is 12.1 Å². The molecule has 8 heteroatoms. The minimum absolute atomic E-state index is 0.00914. The molecular weight excluding hydrogens is 284 g/mol. The van der Waals surface area contributed by atoms with Crippen molar-refractivity contribution in [1.29, 1.82) is 0 Å². The van der Waals surface area contributed by atoms with Crippen LogP contribution in [0.1, 0.15) is 6.42 Å². The van der Waals surface area contributed by atoms with Gasteiger partial charge in [-0.1, -0.05) is 18.2 Å². The van der Waals surface area contributed by atoms with Crippen LogP contribution in [0, 0.1) is 5.92 Å². The summed E-state index contributed by atoms with van der Waals surface area (Å²) in [5.41, 5.74) is 0. The lowest BCUT2D eigenvalue weighted by molar-refractivity contribution is -0.143. The van der Waals surface area contributed by atoms with E-state index < -0.39 is 33.5 Å². The summed E-state index contributed by atoms with van der Waals surface area (Å²) in [6, 6.07) is 7.23. The summed E-state index contributed by atoms with van der Waals surface area (Å²) in [6.45, 7) is 0.160. The number of amides is 2. The summed E-state index contributed by atoms with van der Waals surface area (Å²) in [6.07, 6.45) is 0.00914. The first kappa shape index (κ1) is 14.2. The highest BCUT2D eigenvalue weighted by molar-refractivity contribution is 7.90. The second kappa shape index (κ2) is 5.41. The molecule has 1 fully saturated rings. The summed E-state index contributed by atoms with van der Waals surface area (Å²) in [5.74, 6) is -4.10. The molecule has 0 radical (unpaired) electrons. The Morgan fingerprint density at radius 1 is 1.20 bits per heavy atom. The Morgan fingerprint density at radius 3 is 2.45 bits per heavy atom. The maximum absolute atomic E-state index is 11.9. The van der Waals surface area contributed by atoms with Gasteiger partial charge in [0.2, 0.25) is 5.91 Å². The molecule has 1 atom stereocenters. The monoisotopic (exact) mass is 296 g/mol. The van der Waals surface area contributed by atoms with Crippen LogP contribution in [-0.2, 0) is 24.4 Å². The van der Waals surface area contributed by atoms with E-state index in [0.717, 1.165) is 0 Å². The maximum atomic E-state index is 11.9. The SMILES string of the molecule is O=C1CCNC(=O)C1C(=O)NS(=O)(=O)c1ccccc1. The topological polar surface area (TPSA) is 109 Å². The lowest BCUT2D eigenvalue weighted by atomic mass is 9.97. The third-order valence-electron chi connectivity index (χ3n) is 2.81. The van der Waals surface area contributed by atoms with Gasteiger partial charge < -0.3 is 5.32 Å². The van der Waals surface area contributed by atoms with Crippen LogP contribution < -0.4 is 10.0 Å². The van der Waals surface area contributed by atoms with Crippen LogP contribution in [0.5, 0.6) is 0 Å². The van der Waals surface area contributed by atoms with Gasteiger partial charge in [-0.15, -0.1) is 0 Å². The van der Waals surface area contributed by atoms with Crippen molar-refractivity contribution >= 4 is 27.6 Å². The van der Waals surface area contributed by atoms with Crippen molar-refractivity contribution in [2.45, 2.75) is 11.3 Å². The van der Waals surface area contributed by atoms with Gasteiger partial charge >= 0.3 is 0 Å². The fraction of sp³-hybridized carbons (Fsp3) is 0.250. The normalized spacial score (nSPS) is 19.3. The van der Waals surface area contributed by atoms with Gasteiger partial charge in [0, 0.05) is 13.0 Å². The number of Topliss-reactive ketones (excluding diaryl/α,β-unsaturated/α-hetero) is 1. The number of hydrogen-bond acceptors (Lipinski definition) is 5. The number of carbonyl (C=O) groups excluding carboxylic acids is 3. The van der Waals surface area contributed by atoms with E-state index in [1.54, 1.807) is 10.8 Å². The second-order valence-corrected chi connectivity index (χ2v) is 5.91.